The van der Waals surface area contributed by atoms with Gasteiger partial charge in [-0.25, -0.2) is 0 Å². The summed E-state index contributed by atoms with van der Waals surface area (Å²) < 4.78 is 1.80. The Hall–Kier alpha value is -1.97. The van der Waals surface area contributed by atoms with Crippen LogP contribution < -0.4 is 0 Å². The van der Waals surface area contributed by atoms with Gasteiger partial charge in [-0.05, 0) is 32.4 Å². The van der Waals surface area contributed by atoms with Crippen LogP contribution in [0.1, 0.15) is 40.7 Å². The lowest BCUT2D eigenvalue weighted by molar-refractivity contribution is 0.103. The Kier molecular flexibility index (Phi) is 3.55. The van der Waals surface area contributed by atoms with Crippen molar-refractivity contribution in [2.75, 3.05) is 0 Å². The minimum absolute atomic E-state index is 0.0117. The van der Waals surface area contributed by atoms with Gasteiger partial charge < -0.3 is 0 Å². The normalized spacial score (nSPS) is 10.6. The standard InChI is InChI=1S/C14H17N3O/c1-4-7-17-9-12(8-15-17)14(18)13-6-5-10(2)16-11(13)3/h5-6,8-9H,4,7H2,1-3H3. The molecule has 94 valence electrons. The number of aromatic nitrogens is 3. The van der Waals surface area contributed by atoms with Crippen LogP contribution in [0.25, 0.3) is 0 Å². The lowest BCUT2D eigenvalue weighted by atomic mass is 10.0. The highest BCUT2D eigenvalue weighted by Crippen LogP contribution is 2.13. The van der Waals surface area contributed by atoms with E-state index in [1.165, 1.54) is 0 Å². The fourth-order valence-corrected chi connectivity index (χ4v) is 1.91. The average molecular weight is 243 g/mol. The molecule has 0 N–H and O–H groups in total. The van der Waals surface area contributed by atoms with Gasteiger partial charge in [-0.15, -0.1) is 0 Å². The average Bonchev–Trinajstić information content (AvgIpc) is 2.77. The molecule has 0 aromatic carbocycles. The van der Waals surface area contributed by atoms with E-state index in [4.69, 9.17) is 0 Å². The summed E-state index contributed by atoms with van der Waals surface area (Å²) in [5.41, 5.74) is 2.96. The smallest absolute Gasteiger partial charge is 0.198 e. The molecule has 2 aromatic heterocycles. The van der Waals surface area contributed by atoms with Crippen molar-refractivity contribution in [2.45, 2.75) is 33.7 Å². The molecule has 2 rings (SSSR count). The van der Waals surface area contributed by atoms with Gasteiger partial charge in [0.2, 0.25) is 0 Å². The van der Waals surface area contributed by atoms with Crippen LogP contribution in [0.15, 0.2) is 24.5 Å². The SMILES string of the molecule is CCCn1cc(C(=O)c2ccc(C)nc2C)cn1. The van der Waals surface area contributed by atoms with Gasteiger partial charge in [0.25, 0.3) is 0 Å². The van der Waals surface area contributed by atoms with Gasteiger partial charge >= 0.3 is 0 Å². The summed E-state index contributed by atoms with van der Waals surface area (Å²) in [5.74, 6) is -0.0117. The van der Waals surface area contributed by atoms with Crippen LogP contribution in [0.3, 0.4) is 0 Å². The lowest BCUT2D eigenvalue weighted by Gasteiger charge is -2.03. The first-order chi connectivity index (χ1) is 8.61. The van der Waals surface area contributed by atoms with Gasteiger partial charge in [0.05, 0.1) is 11.8 Å². The van der Waals surface area contributed by atoms with E-state index in [1.807, 2.05) is 26.0 Å². The second-order valence-corrected chi connectivity index (χ2v) is 4.41. The number of hydrogen-bond donors (Lipinski definition) is 0. The fourth-order valence-electron chi connectivity index (χ4n) is 1.91. The fraction of sp³-hybridized carbons (Fsp3) is 0.357. The largest absolute Gasteiger partial charge is 0.288 e. The molecule has 18 heavy (non-hydrogen) atoms. The summed E-state index contributed by atoms with van der Waals surface area (Å²) in [6.07, 6.45) is 4.42. The van der Waals surface area contributed by atoms with Crippen molar-refractivity contribution in [2.24, 2.45) is 0 Å². The van der Waals surface area contributed by atoms with E-state index in [0.717, 1.165) is 24.4 Å². The maximum absolute atomic E-state index is 12.3. The first-order valence-electron chi connectivity index (χ1n) is 6.13. The number of carbonyl (C=O) groups is 1. The van der Waals surface area contributed by atoms with Crippen molar-refractivity contribution in [1.29, 1.82) is 0 Å². The molecule has 4 heteroatoms. The molecule has 0 saturated heterocycles. The number of ketones is 1. The van der Waals surface area contributed by atoms with Crippen LogP contribution in [0, 0.1) is 13.8 Å². The second kappa shape index (κ2) is 5.12. The third-order valence-electron chi connectivity index (χ3n) is 2.82. The van der Waals surface area contributed by atoms with Crippen LogP contribution in [0.5, 0.6) is 0 Å². The zero-order valence-corrected chi connectivity index (χ0v) is 11.0. The summed E-state index contributed by atoms with van der Waals surface area (Å²) in [5, 5.41) is 4.18. The third-order valence-corrected chi connectivity index (χ3v) is 2.82. The number of carbonyl (C=O) groups excluding carboxylic acids is 1. The first kappa shape index (κ1) is 12.5. The lowest BCUT2D eigenvalue weighted by Crippen LogP contribution is -2.05. The summed E-state index contributed by atoms with van der Waals surface area (Å²) >= 11 is 0. The van der Waals surface area contributed by atoms with Gasteiger partial charge in [-0.2, -0.15) is 5.10 Å². The molecule has 0 atom stereocenters. The first-order valence-corrected chi connectivity index (χ1v) is 6.13. The number of nitrogens with zero attached hydrogens (tertiary/aromatic N) is 3. The molecule has 2 aromatic rings. The van der Waals surface area contributed by atoms with Crippen LogP contribution in [-0.2, 0) is 6.54 Å². The molecule has 0 unspecified atom stereocenters. The Morgan fingerprint density at radius 2 is 2.11 bits per heavy atom. The highest BCUT2D eigenvalue weighted by Gasteiger charge is 2.14. The minimum Gasteiger partial charge on any atom is -0.288 e. The monoisotopic (exact) mass is 243 g/mol. The van der Waals surface area contributed by atoms with Crippen molar-refractivity contribution >= 4 is 5.78 Å². The van der Waals surface area contributed by atoms with E-state index in [9.17, 15) is 4.79 Å². The molecule has 0 saturated carbocycles. The minimum atomic E-state index is -0.0117. The Labute approximate surface area is 107 Å². The van der Waals surface area contributed by atoms with Gasteiger partial charge in [-0.1, -0.05) is 6.92 Å². The number of hydrogen-bond acceptors (Lipinski definition) is 3. The van der Waals surface area contributed by atoms with Gasteiger partial charge in [0.1, 0.15) is 0 Å². The maximum Gasteiger partial charge on any atom is 0.198 e. The van der Waals surface area contributed by atoms with E-state index < -0.39 is 0 Å². The van der Waals surface area contributed by atoms with Crippen LogP contribution in [0.2, 0.25) is 0 Å². The number of pyridine rings is 1. The van der Waals surface area contributed by atoms with E-state index in [2.05, 4.69) is 17.0 Å². The van der Waals surface area contributed by atoms with Gasteiger partial charge in [0, 0.05) is 29.7 Å². The van der Waals surface area contributed by atoms with Crippen molar-refractivity contribution in [3.05, 3.63) is 47.0 Å². The van der Waals surface area contributed by atoms with Crippen LogP contribution >= 0.6 is 0 Å². The van der Waals surface area contributed by atoms with E-state index in [0.29, 0.717) is 11.1 Å². The van der Waals surface area contributed by atoms with Crippen molar-refractivity contribution < 1.29 is 4.79 Å². The molecule has 0 fully saturated rings. The van der Waals surface area contributed by atoms with E-state index in [-0.39, 0.29) is 5.78 Å². The van der Waals surface area contributed by atoms with E-state index >= 15 is 0 Å². The molecule has 0 radical (unpaired) electrons. The highest BCUT2D eigenvalue weighted by atomic mass is 16.1. The summed E-state index contributed by atoms with van der Waals surface area (Å²) in [7, 11) is 0. The second-order valence-electron chi connectivity index (χ2n) is 4.41. The topological polar surface area (TPSA) is 47.8 Å². The predicted molar refractivity (Wildman–Crippen MR) is 69.7 cm³/mol. The zero-order chi connectivity index (χ0) is 13.1. The molecular weight excluding hydrogens is 226 g/mol. The molecular formula is C14H17N3O. The third kappa shape index (κ3) is 2.47. The zero-order valence-electron chi connectivity index (χ0n) is 11.0. The molecule has 0 amide bonds. The van der Waals surface area contributed by atoms with Crippen molar-refractivity contribution in [1.82, 2.24) is 14.8 Å². The molecule has 2 heterocycles. The number of aryl methyl sites for hydroxylation is 3. The van der Waals surface area contributed by atoms with Crippen LogP contribution in [0.4, 0.5) is 0 Å². The van der Waals surface area contributed by atoms with E-state index in [1.54, 1.807) is 17.1 Å². The van der Waals surface area contributed by atoms with Crippen LogP contribution in [-0.4, -0.2) is 20.5 Å². The summed E-state index contributed by atoms with van der Waals surface area (Å²) in [4.78, 5) is 16.6. The van der Waals surface area contributed by atoms with Gasteiger partial charge in [0.15, 0.2) is 5.78 Å². The van der Waals surface area contributed by atoms with Crippen molar-refractivity contribution in [3.8, 4) is 0 Å². The molecule has 0 spiro atoms. The Morgan fingerprint density at radius 3 is 2.78 bits per heavy atom. The Bertz CT molecular complexity index is 572. The number of rotatable bonds is 4. The molecule has 0 aliphatic carbocycles. The molecule has 4 nitrogen and oxygen atoms in total. The Morgan fingerprint density at radius 1 is 1.33 bits per heavy atom. The molecule has 0 aliphatic heterocycles. The van der Waals surface area contributed by atoms with Crippen molar-refractivity contribution in [3.63, 3.8) is 0 Å². The summed E-state index contributed by atoms with van der Waals surface area (Å²) in [6, 6.07) is 3.69. The Balaban J connectivity index is 2.29. The summed E-state index contributed by atoms with van der Waals surface area (Å²) in [6.45, 7) is 6.69. The molecule has 0 bridgehead atoms. The maximum atomic E-state index is 12.3. The predicted octanol–water partition coefficient (Wildman–Crippen LogP) is 2.54. The molecule has 0 aliphatic rings. The van der Waals surface area contributed by atoms with Gasteiger partial charge in [-0.3, -0.25) is 14.5 Å². The highest BCUT2D eigenvalue weighted by molar-refractivity contribution is 6.09. The quantitative estimate of drug-likeness (QED) is 0.775.